The first-order chi connectivity index (χ1) is 24.3. The molecule has 0 spiro atoms. The Morgan fingerprint density at radius 2 is 1.72 bits per heavy atom. The average molecular weight is 731 g/mol. The van der Waals surface area contributed by atoms with Crippen molar-refractivity contribution < 1.29 is 27.9 Å². The van der Waals surface area contributed by atoms with Crippen LogP contribution in [-0.4, -0.2) is 64.8 Å². The molecule has 4 N–H and O–H groups in total. The van der Waals surface area contributed by atoms with Crippen LogP contribution >= 0.6 is 22.7 Å². The molecule has 0 saturated carbocycles. The fraction of sp³-hybridized carbons (Fsp3) is 0.200. The van der Waals surface area contributed by atoms with Crippen molar-refractivity contribution in [3.63, 3.8) is 0 Å². The standard InChI is InChI=1S/C35H34N6O6S3/c1-47-35(44)40-33(32(24-8-4-2-5-9-24)25-10-6-3-7-11-25)34(43)36-19-26-12-14-31(49-26)29(21-42)41(20-23-17-38-39-18-23)50(45,46)27-13-15-30-28(16-27)37-22-48-30/h2-18,22,29,32-33,42H,19-21H2,1H3,(H,36,43)(H,38,39)(H,40,44)/t29-,33+/m1/s1. The zero-order chi connectivity index (χ0) is 35.1. The summed E-state index contributed by atoms with van der Waals surface area (Å²) in [5, 5.41) is 23.0. The van der Waals surface area contributed by atoms with Gasteiger partial charge in [-0.15, -0.1) is 22.7 Å². The quantitative estimate of drug-likeness (QED) is 0.119. The van der Waals surface area contributed by atoms with Gasteiger partial charge in [-0.05, 0) is 41.5 Å². The number of carbonyl (C=O) groups is 2. The predicted molar refractivity (Wildman–Crippen MR) is 191 cm³/mol. The molecule has 0 aliphatic carbocycles. The van der Waals surface area contributed by atoms with Crippen molar-refractivity contribution in [1.29, 1.82) is 0 Å². The molecule has 2 atom stereocenters. The van der Waals surface area contributed by atoms with Gasteiger partial charge in [-0.3, -0.25) is 9.89 Å². The molecule has 3 heterocycles. The minimum Gasteiger partial charge on any atom is -0.453 e. The maximum Gasteiger partial charge on any atom is 0.407 e. The van der Waals surface area contributed by atoms with Gasteiger partial charge in [-0.25, -0.2) is 18.2 Å². The van der Waals surface area contributed by atoms with E-state index in [2.05, 4.69) is 25.8 Å². The second-order valence-corrected chi connectivity index (χ2v) is 15.2. The lowest BCUT2D eigenvalue weighted by Gasteiger charge is -2.29. The Morgan fingerprint density at radius 3 is 2.36 bits per heavy atom. The number of methoxy groups -OCH3 is 1. The van der Waals surface area contributed by atoms with Crippen LogP contribution in [0, 0.1) is 0 Å². The molecular formula is C35H34N6O6S3. The van der Waals surface area contributed by atoms with Gasteiger partial charge < -0.3 is 20.5 Å². The molecule has 12 nitrogen and oxygen atoms in total. The van der Waals surface area contributed by atoms with E-state index in [1.54, 1.807) is 36.0 Å². The van der Waals surface area contributed by atoms with Crippen LogP contribution in [0.4, 0.5) is 4.79 Å². The maximum atomic E-state index is 14.2. The molecule has 6 rings (SSSR count). The van der Waals surface area contributed by atoms with Crippen LogP contribution < -0.4 is 10.6 Å². The molecule has 0 fully saturated rings. The fourth-order valence-corrected chi connectivity index (χ4v) is 9.09. The molecule has 0 radical (unpaired) electrons. The van der Waals surface area contributed by atoms with Gasteiger partial charge in [0.1, 0.15) is 6.04 Å². The molecule has 0 aliphatic heterocycles. The number of hydrogen-bond acceptors (Lipinski definition) is 10. The summed E-state index contributed by atoms with van der Waals surface area (Å²) in [6.45, 7) is -0.458. The number of aliphatic hydroxyl groups is 1. The lowest BCUT2D eigenvalue weighted by Crippen LogP contribution is -2.50. The molecule has 3 aromatic carbocycles. The smallest absolute Gasteiger partial charge is 0.407 e. The lowest BCUT2D eigenvalue weighted by molar-refractivity contribution is -0.123. The third-order valence-electron chi connectivity index (χ3n) is 8.16. The number of nitrogens with zero attached hydrogens (tertiary/aromatic N) is 3. The summed E-state index contributed by atoms with van der Waals surface area (Å²) in [5.41, 5.74) is 4.49. The van der Waals surface area contributed by atoms with E-state index in [0.29, 0.717) is 20.8 Å². The highest BCUT2D eigenvalue weighted by Gasteiger charge is 2.35. The topological polar surface area (TPSA) is 167 Å². The minimum atomic E-state index is -4.13. The van der Waals surface area contributed by atoms with E-state index in [1.807, 2.05) is 60.7 Å². The van der Waals surface area contributed by atoms with E-state index in [-0.39, 0.29) is 18.0 Å². The Morgan fingerprint density at radius 1 is 1.00 bits per heavy atom. The number of amides is 2. The second kappa shape index (κ2) is 15.7. The average Bonchev–Trinajstić information content (AvgIpc) is 3.94. The number of hydrogen-bond donors (Lipinski definition) is 4. The van der Waals surface area contributed by atoms with Gasteiger partial charge in [0.25, 0.3) is 0 Å². The molecule has 0 bridgehead atoms. The van der Waals surface area contributed by atoms with Gasteiger partial charge in [-0.2, -0.15) is 9.40 Å². The summed E-state index contributed by atoms with van der Waals surface area (Å²) in [4.78, 5) is 32.0. The van der Waals surface area contributed by atoms with E-state index < -0.39 is 46.6 Å². The lowest BCUT2D eigenvalue weighted by atomic mass is 9.84. The Hall–Kier alpha value is -4.93. The molecular weight excluding hydrogens is 697 g/mol. The Kier molecular flexibility index (Phi) is 11.0. The molecule has 3 aromatic heterocycles. The highest BCUT2D eigenvalue weighted by atomic mass is 32.2. The Bertz CT molecular complexity index is 2100. The van der Waals surface area contributed by atoms with Crippen molar-refractivity contribution in [2.24, 2.45) is 0 Å². The van der Waals surface area contributed by atoms with Crippen molar-refractivity contribution in [3.8, 4) is 0 Å². The Labute approximate surface area is 296 Å². The number of benzene rings is 3. The third kappa shape index (κ3) is 7.77. The number of fused-ring (bicyclic) bond motifs is 1. The van der Waals surface area contributed by atoms with Crippen LogP contribution in [-0.2, 0) is 32.6 Å². The van der Waals surface area contributed by atoms with Gasteiger partial charge in [0.15, 0.2) is 0 Å². The molecule has 6 aromatic rings. The number of ether oxygens (including phenoxy) is 1. The van der Waals surface area contributed by atoms with Crippen molar-refractivity contribution in [1.82, 2.24) is 30.1 Å². The molecule has 15 heteroatoms. The largest absolute Gasteiger partial charge is 0.453 e. The summed E-state index contributed by atoms with van der Waals surface area (Å²) >= 11 is 2.68. The van der Waals surface area contributed by atoms with E-state index in [1.165, 1.54) is 46.4 Å². The highest BCUT2D eigenvalue weighted by molar-refractivity contribution is 7.89. The number of thiophene rings is 1. The number of alkyl carbamates (subject to hydrolysis) is 1. The number of rotatable bonds is 14. The zero-order valence-electron chi connectivity index (χ0n) is 26.8. The molecule has 0 saturated heterocycles. The molecule has 50 heavy (non-hydrogen) atoms. The molecule has 0 aliphatic rings. The van der Waals surface area contributed by atoms with Crippen molar-refractivity contribution >= 4 is 54.9 Å². The maximum absolute atomic E-state index is 14.2. The van der Waals surface area contributed by atoms with Crippen molar-refractivity contribution in [3.05, 3.63) is 135 Å². The number of aliphatic hydroxyl groups excluding tert-OH is 1. The number of aromatic amines is 1. The molecule has 258 valence electrons. The van der Waals surface area contributed by atoms with Gasteiger partial charge in [0, 0.05) is 34.0 Å². The van der Waals surface area contributed by atoms with E-state index in [4.69, 9.17) is 4.74 Å². The number of aromatic nitrogens is 3. The summed E-state index contributed by atoms with van der Waals surface area (Å²) in [6.07, 6.45) is 2.39. The summed E-state index contributed by atoms with van der Waals surface area (Å²) in [5.74, 6) is -0.970. The number of sulfonamides is 1. The fourth-order valence-electron chi connectivity index (χ4n) is 5.70. The van der Waals surface area contributed by atoms with Crippen molar-refractivity contribution in [2.75, 3.05) is 13.7 Å². The second-order valence-electron chi connectivity index (χ2n) is 11.3. The normalized spacial score (nSPS) is 13.0. The van der Waals surface area contributed by atoms with Crippen LogP contribution in [0.25, 0.3) is 10.2 Å². The zero-order valence-corrected chi connectivity index (χ0v) is 29.3. The van der Waals surface area contributed by atoms with Crippen LogP contribution in [0.5, 0.6) is 0 Å². The Balaban J connectivity index is 1.26. The van der Waals surface area contributed by atoms with Gasteiger partial charge in [-0.1, -0.05) is 60.7 Å². The van der Waals surface area contributed by atoms with E-state index in [0.717, 1.165) is 15.8 Å². The first-order valence-corrected chi connectivity index (χ1v) is 18.7. The van der Waals surface area contributed by atoms with E-state index in [9.17, 15) is 23.1 Å². The minimum absolute atomic E-state index is 0.0512. The summed E-state index contributed by atoms with van der Waals surface area (Å²) < 4.78 is 35.3. The first kappa shape index (κ1) is 34.9. The highest BCUT2D eigenvalue weighted by Crippen LogP contribution is 2.35. The van der Waals surface area contributed by atoms with Crippen LogP contribution in [0.2, 0.25) is 0 Å². The first-order valence-electron chi connectivity index (χ1n) is 15.5. The number of carbonyl (C=O) groups excluding carboxylic acids is 2. The monoisotopic (exact) mass is 730 g/mol. The van der Waals surface area contributed by atoms with Gasteiger partial charge in [0.2, 0.25) is 15.9 Å². The SMILES string of the molecule is COC(=O)N[C@H](C(=O)NCc1ccc([C@@H](CO)N(Cc2cn[nH]c2)S(=O)(=O)c2ccc3scnc3c2)s1)C(c1ccccc1)c1ccccc1. The van der Waals surface area contributed by atoms with Gasteiger partial charge in [0.05, 0.1) is 53.1 Å². The van der Waals surface area contributed by atoms with Crippen LogP contribution in [0.1, 0.15) is 38.4 Å². The molecule has 0 unspecified atom stereocenters. The number of H-pyrrole nitrogens is 1. The number of thiazole rings is 1. The van der Waals surface area contributed by atoms with E-state index >= 15 is 0 Å². The van der Waals surface area contributed by atoms with Gasteiger partial charge >= 0.3 is 6.09 Å². The predicted octanol–water partition coefficient (Wildman–Crippen LogP) is 5.18. The van der Waals surface area contributed by atoms with Crippen LogP contribution in [0.15, 0.2) is 114 Å². The summed E-state index contributed by atoms with van der Waals surface area (Å²) in [7, 11) is -2.89. The number of nitrogens with one attached hydrogen (secondary N) is 3. The third-order valence-corrected chi connectivity index (χ3v) is 12.0. The summed E-state index contributed by atoms with van der Waals surface area (Å²) in [6, 6.07) is 25.2. The molecule has 2 amide bonds. The van der Waals surface area contributed by atoms with Crippen molar-refractivity contribution in [2.45, 2.75) is 36.0 Å². The van der Waals surface area contributed by atoms with Crippen LogP contribution in [0.3, 0.4) is 0 Å².